The maximum Gasteiger partial charge on any atom is 0.326 e. The Kier molecular flexibility index (Phi) is 4.46. The van der Waals surface area contributed by atoms with Crippen molar-refractivity contribution in [3.63, 3.8) is 0 Å². The highest BCUT2D eigenvalue weighted by Crippen LogP contribution is 2.33. The van der Waals surface area contributed by atoms with Gasteiger partial charge in [0, 0.05) is 4.47 Å². The molecule has 2 amide bonds. The number of carbonyl (C=O) groups excluding carboxylic acids is 2. The zero-order valence-electron chi connectivity index (χ0n) is 11.1. The minimum Gasteiger partial charge on any atom is -0.482 e. The topological polar surface area (TPSA) is 105 Å². The van der Waals surface area contributed by atoms with E-state index in [1.54, 1.807) is 13.0 Å². The third-order valence-electron chi connectivity index (χ3n) is 2.96. The molecular weight excluding hydrogens is 344 g/mol. The molecule has 1 heterocycles. The first kappa shape index (κ1) is 15.3. The third kappa shape index (κ3) is 3.33. The van der Waals surface area contributed by atoms with Gasteiger partial charge >= 0.3 is 5.97 Å². The fraction of sp³-hybridized carbons (Fsp3) is 0.308. The second-order valence-electron chi connectivity index (χ2n) is 4.44. The molecule has 1 aliphatic heterocycles. The number of ether oxygens (including phenoxy) is 1. The maximum absolute atomic E-state index is 12.1. The summed E-state index contributed by atoms with van der Waals surface area (Å²) in [5.74, 6) is -1.53. The molecular formula is C13H13BrN2O5. The summed E-state index contributed by atoms with van der Waals surface area (Å²) < 4.78 is 5.67. The molecule has 7 nitrogen and oxygen atoms in total. The molecule has 0 bridgehead atoms. The van der Waals surface area contributed by atoms with Crippen LogP contribution in [0.1, 0.15) is 23.7 Å². The number of carboxylic acids is 1. The zero-order valence-corrected chi connectivity index (χ0v) is 12.7. The molecule has 1 aromatic carbocycles. The minimum atomic E-state index is -1.09. The van der Waals surface area contributed by atoms with E-state index in [1.807, 2.05) is 0 Å². The van der Waals surface area contributed by atoms with E-state index < -0.39 is 17.9 Å². The van der Waals surface area contributed by atoms with Crippen molar-refractivity contribution < 1.29 is 24.2 Å². The van der Waals surface area contributed by atoms with Crippen LogP contribution >= 0.6 is 15.9 Å². The van der Waals surface area contributed by atoms with Crippen molar-refractivity contribution in [2.45, 2.75) is 19.4 Å². The minimum absolute atomic E-state index is 0.123. The van der Waals surface area contributed by atoms with Crippen LogP contribution in [0.25, 0.3) is 0 Å². The molecule has 2 rings (SSSR count). The van der Waals surface area contributed by atoms with Crippen molar-refractivity contribution in [2.75, 3.05) is 11.9 Å². The number of fused-ring (bicyclic) bond motifs is 1. The SMILES string of the molecule is CCC(NC(=O)c1cc2c(cc1Br)NC(=O)CO2)C(=O)O. The number of amides is 2. The first-order valence-corrected chi connectivity index (χ1v) is 7.01. The third-order valence-corrected chi connectivity index (χ3v) is 3.61. The molecule has 112 valence electrons. The highest BCUT2D eigenvalue weighted by Gasteiger charge is 2.23. The number of nitrogens with one attached hydrogen (secondary N) is 2. The van der Waals surface area contributed by atoms with Crippen LogP contribution in [-0.4, -0.2) is 35.5 Å². The molecule has 1 atom stereocenters. The summed E-state index contributed by atoms with van der Waals surface area (Å²) in [5.41, 5.74) is 0.699. The van der Waals surface area contributed by atoms with Gasteiger partial charge in [-0.3, -0.25) is 9.59 Å². The van der Waals surface area contributed by atoms with Gasteiger partial charge in [-0.05, 0) is 34.5 Å². The molecule has 0 fully saturated rings. The molecule has 1 aromatic rings. The Bertz CT molecular complexity index is 617. The summed E-state index contributed by atoms with van der Waals surface area (Å²) in [7, 11) is 0. The molecule has 0 saturated heterocycles. The lowest BCUT2D eigenvalue weighted by molar-refractivity contribution is -0.139. The van der Waals surface area contributed by atoms with Gasteiger partial charge in [-0.25, -0.2) is 4.79 Å². The van der Waals surface area contributed by atoms with E-state index in [2.05, 4.69) is 26.6 Å². The average Bonchev–Trinajstić information content (AvgIpc) is 2.43. The number of carbonyl (C=O) groups is 3. The van der Waals surface area contributed by atoms with Gasteiger partial charge in [0.25, 0.3) is 11.8 Å². The lowest BCUT2D eigenvalue weighted by Gasteiger charge is -2.20. The molecule has 3 N–H and O–H groups in total. The number of aliphatic carboxylic acids is 1. The van der Waals surface area contributed by atoms with E-state index in [0.717, 1.165) is 0 Å². The van der Waals surface area contributed by atoms with Crippen LogP contribution in [0.15, 0.2) is 16.6 Å². The van der Waals surface area contributed by atoms with Gasteiger partial charge in [-0.1, -0.05) is 6.92 Å². The second-order valence-corrected chi connectivity index (χ2v) is 5.29. The van der Waals surface area contributed by atoms with Gasteiger partial charge in [-0.2, -0.15) is 0 Å². The van der Waals surface area contributed by atoms with Crippen LogP contribution in [0.2, 0.25) is 0 Å². The van der Waals surface area contributed by atoms with E-state index in [1.165, 1.54) is 6.07 Å². The van der Waals surface area contributed by atoms with Crippen LogP contribution in [0.3, 0.4) is 0 Å². The number of hydrogen-bond donors (Lipinski definition) is 3. The van der Waals surface area contributed by atoms with Crippen LogP contribution in [0.5, 0.6) is 5.75 Å². The largest absolute Gasteiger partial charge is 0.482 e. The average molecular weight is 357 g/mol. The highest BCUT2D eigenvalue weighted by atomic mass is 79.9. The molecule has 0 saturated carbocycles. The van der Waals surface area contributed by atoms with E-state index in [9.17, 15) is 14.4 Å². The molecule has 0 aromatic heterocycles. The molecule has 8 heteroatoms. The van der Waals surface area contributed by atoms with Crippen molar-refractivity contribution in [2.24, 2.45) is 0 Å². The quantitative estimate of drug-likeness (QED) is 0.755. The van der Waals surface area contributed by atoms with Crippen LogP contribution < -0.4 is 15.4 Å². The molecule has 21 heavy (non-hydrogen) atoms. The normalized spacial score (nSPS) is 14.5. The fourth-order valence-electron chi connectivity index (χ4n) is 1.85. The first-order valence-electron chi connectivity index (χ1n) is 6.22. The van der Waals surface area contributed by atoms with Gasteiger partial charge in [0.15, 0.2) is 6.61 Å². The Morgan fingerprint density at radius 3 is 2.86 bits per heavy atom. The van der Waals surface area contributed by atoms with Gasteiger partial charge in [0.2, 0.25) is 0 Å². The Labute approximate surface area is 128 Å². The van der Waals surface area contributed by atoms with Crippen molar-refractivity contribution >= 4 is 39.4 Å². The smallest absolute Gasteiger partial charge is 0.326 e. The van der Waals surface area contributed by atoms with Gasteiger partial charge < -0.3 is 20.5 Å². The van der Waals surface area contributed by atoms with Gasteiger partial charge in [-0.15, -0.1) is 0 Å². The van der Waals surface area contributed by atoms with Crippen molar-refractivity contribution in [1.29, 1.82) is 0 Å². The summed E-state index contributed by atoms with van der Waals surface area (Å²) in [4.78, 5) is 34.3. The number of hydrogen-bond acceptors (Lipinski definition) is 4. The zero-order chi connectivity index (χ0) is 15.6. The summed E-state index contributed by atoms with van der Waals surface area (Å²) >= 11 is 3.23. The first-order chi connectivity index (χ1) is 9.92. The number of anilines is 1. The predicted molar refractivity (Wildman–Crippen MR) is 77.4 cm³/mol. The Morgan fingerprint density at radius 1 is 1.52 bits per heavy atom. The second kappa shape index (κ2) is 6.13. The van der Waals surface area contributed by atoms with Crippen molar-refractivity contribution in [1.82, 2.24) is 5.32 Å². The molecule has 0 spiro atoms. The van der Waals surface area contributed by atoms with E-state index in [0.29, 0.717) is 15.9 Å². The number of halogens is 1. The molecule has 1 aliphatic rings. The Morgan fingerprint density at radius 2 is 2.24 bits per heavy atom. The van der Waals surface area contributed by atoms with E-state index in [4.69, 9.17) is 9.84 Å². The summed E-state index contributed by atoms with van der Waals surface area (Å²) in [5, 5.41) is 14.0. The van der Waals surface area contributed by atoms with Crippen LogP contribution in [0, 0.1) is 0 Å². The number of carboxylic acid groups (broad SMARTS) is 1. The monoisotopic (exact) mass is 356 g/mol. The Balaban J connectivity index is 2.26. The highest BCUT2D eigenvalue weighted by molar-refractivity contribution is 9.10. The van der Waals surface area contributed by atoms with Gasteiger partial charge in [0.05, 0.1) is 11.3 Å². The van der Waals surface area contributed by atoms with E-state index in [-0.39, 0.29) is 24.5 Å². The fourth-order valence-corrected chi connectivity index (χ4v) is 2.37. The van der Waals surface area contributed by atoms with Crippen LogP contribution in [-0.2, 0) is 9.59 Å². The summed E-state index contributed by atoms with van der Waals surface area (Å²) in [6.45, 7) is 1.54. The van der Waals surface area contributed by atoms with Crippen LogP contribution in [0.4, 0.5) is 5.69 Å². The van der Waals surface area contributed by atoms with Crippen molar-refractivity contribution in [3.05, 3.63) is 22.2 Å². The molecule has 0 aliphatic carbocycles. The number of rotatable bonds is 4. The predicted octanol–water partition coefficient (Wildman–Crippen LogP) is 1.37. The lowest BCUT2D eigenvalue weighted by Crippen LogP contribution is -2.40. The standard InChI is InChI=1S/C13H13BrN2O5/c1-2-8(13(19)20)16-12(18)6-3-10-9(4-7(6)14)15-11(17)5-21-10/h3-4,8H,2,5H2,1H3,(H,15,17)(H,16,18)(H,19,20). The van der Waals surface area contributed by atoms with Crippen molar-refractivity contribution in [3.8, 4) is 5.75 Å². The summed E-state index contributed by atoms with van der Waals surface area (Å²) in [6, 6.07) is 2.05. The molecule has 0 radical (unpaired) electrons. The number of benzene rings is 1. The maximum atomic E-state index is 12.1. The summed E-state index contributed by atoms with van der Waals surface area (Å²) in [6.07, 6.45) is 0.274. The molecule has 1 unspecified atom stereocenters. The lowest BCUT2D eigenvalue weighted by atomic mass is 10.1. The Hall–Kier alpha value is -2.09. The van der Waals surface area contributed by atoms with Gasteiger partial charge in [0.1, 0.15) is 11.8 Å². The van der Waals surface area contributed by atoms with E-state index >= 15 is 0 Å².